The topological polar surface area (TPSA) is 69.7 Å². The molecule has 1 aliphatic heterocycles. The Labute approximate surface area is 190 Å². The van der Waals surface area contributed by atoms with Gasteiger partial charge in [-0.3, -0.25) is 9.69 Å². The molecule has 2 unspecified atom stereocenters. The van der Waals surface area contributed by atoms with Crippen molar-refractivity contribution in [2.45, 2.75) is 38.3 Å². The minimum atomic E-state index is -3.86. The van der Waals surface area contributed by atoms with Gasteiger partial charge in [-0.1, -0.05) is 38.1 Å². The first kappa shape index (κ1) is 24.4. The van der Waals surface area contributed by atoms with E-state index >= 15 is 0 Å². The van der Waals surface area contributed by atoms with E-state index in [1.54, 1.807) is 0 Å². The minimum Gasteiger partial charge on any atom is -0.351 e. The van der Waals surface area contributed by atoms with Crippen LogP contribution < -0.4 is 5.32 Å². The number of amides is 1. The van der Waals surface area contributed by atoms with Gasteiger partial charge in [-0.05, 0) is 53.6 Å². The highest BCUT2D eigenvalue weighted by Crippen LogP contribution is 2.22. The molecule has 0 spiro atoms. The Morgan fingerprint density at radius 1 is 1.03 bits per heavy atom. The molecule has 1 fully saturated rings. The van der Waals surface area contributed by atoms with Gasteiger partial charge in [-0.15, -0.1) is 0 Å². The Morgan fingerprint density at radius 2 is 1.59 bits per heavy atom. The number of hydrogen-bond donors (Lipinski definition) is 1. The first-order chi connectivity index (χ1) is 15.1. The van der Waals surface area contributed by atoms with Gasteiger partial charge in [0.1, 0.15) is 5.82 Å². The number of halogens is 1. The number of rotatable bonds is 8. The number of nitrogens with zero attached hydrogens (tertiary/aromatic N) is 2. The molecule has 8 heteroatoms. The Hall–Kier alpha value is -2.29. The maximum atomic E-state index is 13.0. The SMILES string of the molecule is CC1CC(C)CN(Cc2ccc(CNC(=O)CN(C)S(=O)(=O)c3ccc(F)cc3)cc2)C1. The average molecular weight is 462 g/mol. The molecule has 1 N–H and O–H groups in total. The largest absolute Gasteiger partial charge is 0.351 e. The molecular formula is C24H32FN3O3S. The van der Waals surface area contributed by atoms with Gasteiger partial charge in [-0.25, -0.2) is 12.8 Å². The van der Waals surface area contributed by atoms with Gasteiger partial charge in [0.2, 0.25) is 15.9 Å². The van der Waals surface area contributed by atoms with E-state index < -0.39 is 21.7 Å². The van der Waals surface area contributed by atoms with Crippen molar-refractivity contribution in [2.24, 2.45) is 11.8 Å². The fraction of sp³-hybridized carbons (Fsp3) is 0.458. The minimum absolute atomic E-state index is 0.0534. The van der Waals surface area contributed by atoms with Crippen LogP contribution in [0.1, 0.15) is 31.4 Å². The summed E-state index contributed by atoms with van der Waals surface area (Å²) in [6, 6.07) is 12.7. The van der Waals surface area contributed by atoms with Gasteiger partial charge < -0.3 is 5.32 Å². The number of nitrogens with one attached hydrogen (secondary N) is 1. The van der Waals surface area contributed by atoms with E-state index in [9.17, 15) is 17.6 Å². The van der Waals surface area contributed by atoms with E-state index in [1.807, 2.05) is 12.1 Å². The summed E-state index contributed by atoms with van der Waals surface area (Å²) < 4.78 is 39.0. The molecule has 0 aromatic heterocycles. The smallest absolute Gasteiger partial charge is 0.243 e. The molecule has 174 valence electrons. The number of benzene rings is 2. The lowest BCUT2D eigenvalue weighted by Gasteiger charge is -2.35. The Bertz CT molecular complexity index is 1000. The molecule has 1 heterocycles. The molecule has 32 heavy (non-hydrogen) atoms. The molecule has 2 aromatic rings. The van der Waals surface area contributed by atoms with Crippen LogP contribution in [-0.4, -0.2) is 50.2 Å². The van der Waals surface area contributed by atoms with Crippen molar-refractivity contribution >= 4 is 15.9 Å². The van der Waals surface area contributed by atoms with Gasteiger partial charge in [0.15, 0.2) is 0 Å². The van der Waals surface area contributed by atoms with Gasteiger partial charge in [0, 0.05) is 33.2 Å². The molecule has 0 aliphatic carbocycles. The highest BCUT2D eigenvalue weighted by atomic mass is 32.2. The Balaban J connectivity index is 1.48. The number of sulfonamides is 1. The van der Waals surface area contributed by atoms with Gasteiger partial charge in [0.25, 0.3) is 0 Å². The van der Waals surface area contributed by atoms with E-state index in [1.165, 1.54) is 31.2 Å². The summed E-state index contributed by atoms with van der Waals surface area (Å²) in [5, 5.41) is 2.76. The van der Waals surface area contributed by atoms with Crippen molar-refractivity contribution in [1.82, 2.24) is 14.5 Å². The highest BCUT2D eigenvalue weighted by molar-refractivity contribution is 7.89. The summed E-state index contributed by atoms with van der Waals surface area (Å²) in [6.45, 7) is 7.78. The lowest BCUT2D eigenvalue weighted by atomic mass is 9.91. The summed E-state index contributed by atoms with van der Waals surface area (Å²) in [7, 11) is -2.53. The Morgan fingerprint density at radius 3 is 2.19 bits per heavy atom. The molecule has 3 rings (SSSR count). The zero-order chi connectivity index (χ0) is 23.3. The van der Waals surface area contributed by atoms with Crippen LogP contribution >= 0.6 is 0 Å². The zero-order valence-corrected chi connectivity index (χ0v) is 19.7. The normalized spacial score (nSPS) is 19.8. The second-order valence-electron chi connectivity index (χ2n) is 8.95. The van der Waals surface area contributed by atoms with Gasteiger partial charge in [0.05, 0.1) is 11.4 Å². The fourth-order valence-corrected chi connectivity index (χ4v) is 5.40. The highest BCUT2D eigenvalue weighted by Gasteiger charge is 2.23. The average Bonchev–Trinajstić information content (AvgIpc) is 2.73. The molecule has 6 nitrogen and oxygen atoms in total. The van der Waals surface area contributed by atoms with E-state index in [4.69, 9.17) is 0 Å². The molecular weight excluding hydrogens is 429 g/mol. The first-order valence-electron chi connectivity index (χ1n) is 10.9. The number of piperidine rings is 1. The summed E-state index contributed by atoms with van der Waals surface area (Å²) in [5.74, 6) is 0.519. The number of carbonyl (C=O) groups is 1. The van der Waals surface area contributed by atoms with Crippen LogP contribution in [-0.2, 0) is 27.9 Å². The predicted octanol–water partition coefficient (Wildman–Crippen LogP) is 3.24. The molecule has 1 amide bonds. The van der Waals surface area contributed by atoms with Crippen LogP contribution in [0.5, 0.6) is 0 Å². The number of likely N-dealkylation sites (tertiary alicyclic amines) is 1. The quantitative estimate of drug-likeness (QED) is 0.655. The van der Waals surface area contributed by atoms with E-state index in [0.717, 1.165) is 53.5 Å². The van der Waals surface area contributed by atoms with Crippen molar-refractivity contribution in [1.29, 1.82) is 0 Å². The third-order valence-corrected chi connectivity index (χ3v) is 7.57. The second-order valence-corrected chi connectivity index (χ2v) is 11.0. The standard InChI is InChI=1S/C24H32FN3O3S/c1-18-12-19(2)15-28(14-18)16-21-6-4-20(5-7-21)13-26-24(29)17-27(3)32(30,31)23-10-8-22(25)9-11-23/h4-11,18-19H,12-17H2,1-3H3,(H,26,29). The number of hydrogen-bond acceptors (Lipinski definition) is 4. The molecule has 2 aromatic carbocycles. The van der Waals surface area contributed by atoms with Crippen LogP contribution in [0.3, 0.4) is 0 Å². The van der Waals surface area contributed by atoms with E-state index in [0.29, 0.717) is 6.54 Å². The molecule has 2 atom stereocenters. The van der Waals surface area contributed by atoms with Crippen LogP contribution in [0.15, 0.2) is 53.4 Å². The summed E-state index contributed by atoms with van der Waals surface area (Å²) in [5.41, 5.74) is 2.19. The van der Waals surface area contributed by atoms with Crippen LogP contribution in [0.25, 0.3) is 0 Å². The predicted molar refractivity (Wildman–Crippen MR) is 123 cm³/mol. The molecule has 0 bridgehead atoms. The monoisotopic (exact) mass is 461 g/mol. The summed E-state index contributed by atoms with van der Waals surface area (Å²) >= 11 is 0. The van der Waals surface area contributed by atoms with Crippen molar-refractivity contribution in [3.8, 4) is 0 Å². The lowest BCUT2D eigenvalue weighted by molar-refractivity contribution is -0.121. The van der Waals surface area contributed by atoms with Crippen molar-refractivity contribution in [3.63, 3.8) is 0 Å². The first-order valence-corrected chi connectivity index (χ1v) is 12.4. The fourth-order valence-electron chi connectivity index (χ4n) is 4.27. The second kappa shape index (κ2) is 10.6. The third kappa shape index (κ3) is 6.60. The van der Waals surface area contributed by atoms with E-state index in [2.05, 4.69) is 36.2 Å². The van der Waals surface area contributed by atoms with E-state index in [-0.39, 0.29) is 11.4 Å². The van der Waals surface area contributed by atoms with Crippen LogP contribution in [0.2, 0.25) is 0 Å². The van der Waals surface area contributed by atoms with Gasteiger partial charge in [-0.2, -0.15) is 4.31 Å². The molecule has 1 saturated heterocycles. The van der Waals surface area contributed by atoms with Crippen LogP contribution in [0, 0.1) is 17.7 Å². The summed E-state index contributed by atoms with van der Waals surface area (Å²) in [4.78, 5) is 14.7. The van der Waals surface area contributed by atoms with Crippen molar-refractivity contribution in [3.05, 3.63) is 65.5 Å². The van der Waals surface area contributed by atoms with Crippen molar-refractivity contribution < 1.29 is 17.6 Å². The van der Waals surface area contributed by atoms with Gasteiger partial charge >= 0.3 is 0 Å². The van der Waals surface area contributed by atoms with Crippen LogP contribution in [0.4, 0.5) is 4.39 Å². The summed E-state index contributed by atoms with van der Waals surface area (Å²) in [6.07, 6.45) is 1.29. The maximum absolute atomic E-state index is 13.0. The lowest BCUT2D eigenvalue weighted by Crippen LogP contribution is -2.38. The number of carbonyl (C=O) groups excluding carboxylic acids is 1. The van der Waals surface area contributed by atoms with Crippen molar-refractivity contribution in [2.75, 3.05) is 26.7 Å². The molecule has 1 aliphatic rings. The third-order valence-electron chi connectivity index (χ3n) is 5.75. The Kier molecular flexibility index (Phi) is 8.03. The number of likely N-dealkylation sites (N-methyl/N-ethyl adjacent to an activating group) is 1. The zero-order valence-electron chi connectivity index (χ0n) is 18.9. The maximum Gasteiger partial charge on any atom is 0.243 e. The molecule has 0 radical (unpaired) electrons. The molecule has 0 saturated carbocycles.